The van der Waals surface area contributed by atoms with Crippen molar-refractivity contribution in [1.29, 1.82) is 0 Å². The van der Waals surface area contributed by atoms with Crippen LogP contribution in [0.4, 0.5) is 5.69 Å². The van der Waals surface area contributed by atoms with Gasteiger partial charge in [-0.15, -0.1) is 0 Å². The van der Waals surface area contributed by atoms with Gasteiger partial charge in [-0.25, -0.2) is 4.98 Å². The molecule has 5 nitrogen and oxygen atoms in total. The van der Waals surface area contributed by atoms with Gasteiger partial charge in [0.25, 0.3) is 5.91 Å². The van der Waals surface area contributed by atoms with Crippen molar-refractivity contribution in [1.82, 2.24) is 14.9 Å². The van der Waals surface area contributed by atoms with E-state index >= 15 is 0 Å². The highest BCUT2D eigenvalue weighted by atomic mass is 16.1. The summed E-state index contributed by atoms with van der Waals surface area (Å²) in [5.74, 6) is -0.241. The van der Waals surface area contributed by atoms with Crippen LogP contribution in [-0.4, -0.2) is 22.0 Å². The van der Waals surface area contributed by atoms with E-state index < -0.39 is 0 Å². The van der Waals surface area contributed by atoms with Crippen molar-refractivity contribution in [3.63, 3.8) is 0 Å². The van der Waals surface area contributed by atoms with Gasteiger partial charge in [0.15, 0.2) is 5.69 Å². The van der Waals surface area contributed by atoms with Gasteiger partial charge in [0, 0.05) is 31.7 Å². The monoisotopic (exact) mass is 230 g/mol. The molecule has 0 spiro atoms. The standard InChI is InChI=1S/C12H14N4O/c13-10-4-3-5-14-11(10)12(17)15-6-9-16-7-1-2-8-16/h1-5,7-8H,6,9,13H2,(H,15,17). The van der Waals surface area contributed by atoms with Gasteiger partial charge in [-0.1, -0.05) is 0 Å². The van der Waals surface area contributed by atoms with Crippen LogP contribution in [0.2, 0.25) is 0 Å². The van der Waals surface area contributed by atoms with Crippen LogP contribution in [0.5, 0.6) is 0 Å². The minimum absolute atomic E-state index is 0.241. The Bertz CT molecular complexity index is 493. The molecule has 0 fully saturated rings. The molecule has 3 N–H and O–H groups in total. The summed E-state index contributed by atoms with van der Waals surface area (Å²) in [4.78, 5) is 15.7. The zero-order chi connectivity index (χ0) is 12.1. The van der Waals surface area contributed by atoms with Gasteiger partial charge in [0.05, 0.1) is 5.69 Å². The van der Waals surface area contributed by atoms with Crippen molar-refractivity contribution in [2.45, 2.75) is 6.54 Å². The van der Waals surface area contributed by atoms with Gasteiger partial charge in [-0.2, -0.15) is 0 Å². The molecular formula is C12H14N4O. The number of nitrogens with one attached hydrogen (secondary N) is 1. The van der Waals surface area contributed by atoms with Crippen molar-refractivity contribution in [3.05, 3.63) is 48.5 Å². The molecule has 0 aromatic carbocycles. The van der Waals surface area contributed by atoms with E-state index in [4.69, 9.17) is 5.73 Å². The second kappa shape index (κ2) is 5.16. The van der Waals surface area contributed by atoms with Crippen LogP contribution in [0.15, 0.2) is 42.9 Å². The first-order valence-electron chi connectivity index (χ1n) is 5.37. The van der Waals surface area contributed by atoms with Crippen LogP contribution >= 0.6 is 0 Å². The third-order valence-electron chi connectivity index (χ3n) is 2.38. The van der Waals surface area contributed by atoms with Crippen LogP contribution in [0.1, 0.15) is 10.5 Å². The highest BCUT2D eigenvalue weighted by Crippen LogP contribution is 2.05. The Labute approximate surface area is 99.3 Å². The molecule has 1 amide bonds. The average Bonchev–Trinajstić information content (AvgIpc) is 2.82. The topological polar surface area (TPSA) is 72.9 Å². The lowest BCUT2D eigenvalue weighted by Crippen LogP contribution is -2.28. The average molecular weight is 230 g/mol. The van der Waals surface area contributed by atoms with E-state index in [1.165, 1.54) is 0 Å². The molecule has 2 aromatic rings. The quantitative estimate of drug-likeness (QED) is 0.819. The van der Waals surface area contributed by atoms with E-state index in [0.717, 1.165) is 6.54 Å². The number of rotatable bonds is 4. The fraction of sp³-hybridized carbons (Fsp3) is 0.167. The van der Waals surface area contributed by atoms with Crippen molar-refractivity contribution in [2.75, 3.05) is 12.3 Å². The number of carbonyl (C=O) groups is 1. The van der Waals surface area contributed by atoms with Crippen molar-refractivity contribution in [2.24, 2.45) is 0 Å². The van der Waals surface area contributed by atoms with E-state index in [-0.39, 0.29) is 11.6 Å². The van der Waals surface area contributed by atoms with Crippen LogP contribution < -0.4 is 11.1 Å². The molecule has 0 radical (unpaired) electrons. The van der Waals surface area contributed by atoms with Crippen LogP contribution in [0, 0.1) is 0 Å². The minimum atomic E-state index is -0.241. The third-order valence-corrected chi connectivity index (χ3v) is 2.38. The number of hydrogen-bond acceptors (Lipinski definition) is 3. The lowest BCUT2D eigenvalue weighted by atomic mass is 10.3. The van der Waals surface area contributed by atoms with Gasteiger partial charge in [0.2, 0.25) is 0 Å². The Morgan fingerprint density at radius 1 is 1.35 bits per heavy atom. The number of nitrogens with zero attached hydrogens (tertiary/aromatic N) is 2. The zero-order valence-corrected chi connectivity index (χ0v) is 9.34. The number of pyridine rings is 1. The summed E-state index contributed by atoms with van der Waals surface area (Å²) in [6.45, 7) is 1.27. The van der Waals surface area contributed by atoms with E-state index in [0.29, 0.717) is 12.2 Å². The first-order valence-corrected chi connectivity index (χ1v) is 5.37. The second-order valence-electron chi connectivity index (χ2n) is 3.62. The van der Waals surface area contributed by atoms with Gasteiger partial charge in [-0.3, -0.25) is 4.79 Å². The Kier molecular flexibility index (Phi) is 3.40. The van der Waals surface area contributed by atoms with E-state index in [2.05, 4.69) is 10.3 Å². The van der Waals surface area contributed by atoms with Gasteiger partial charge in [-0.05, 0) is 24.3 Å². The first kappa shape index (κ1) is 11.2. The third kappa shape index (κ3) is 2.84. The zero-order valence-electron chi connectivity index (χ0n) is 9.34. The van der Waals surface area contributed by atoms with Crippen molar-refractivity contribution < 1.29 is 4.79 Å². The molecule has 0 unspecified atom stereocenters. The molecular weight excluding hydrogens is 216 g/mol. The predicted molar refractivity (Wildman–Crippen MR) is 65.4 cm³/mol. The molecule has 88 valence electrons. The summed E-state index contributed by atoms with van der Waals surface area (Å²) in [7, 11) is 0. The van der Waals surface area contributed by atoms with Crippen LogP contribution in [0.3, 0.4) is 0 Å². The number of nitrogens with two attached hydrogens (primary N) is 1. The van der Waals surface area contributed by atoms with E-state index in [1.807, 2.05) is 29.1 Å². The number of carbonyl (C=O) groups excluding carboxylic acids is 1. The summed E-state index contributed by atoms with van der Waals surface area (Å²) in [6, 6.07) is 7.25. The van der Waals surface area contributed by atoms with Gasteiger partial charge < -0.3 is 15.6 Å². The molecule has 2 aromatic heterocycles. The Balaban J connectivity index is 1.88. The fourth-order valence-corrected chi connectivity index (χ4v) is 1.51. The maximum Gasteiger partial charge on any atom is 0.272 e. The molecule has 2 heterocycles. The lowest BCUT2D eigenvalue weighted by Gasteiger charge is -2.07. The van der Waals surface area contributed by atoms with Crippen molar-refractivity contribution >= 4 is 11.6 Å². The van der Waals surface area contributed by atoms with E-state index in [9.17, 15) is 4.79 Å². The normalized spacial score (nSPS) is 10.1. The number of nitrogen functional groups attached to an aromatic ring is 1. The molecule has 0 bridgehead atoms. The molecule has 0 aliphatic rings. The summed E-state index contributed by atoms with van der Waals surface area (Å²) in [5, 5.41) is 2.78. The van der Waals surface area contributed by atoms with Crippen molar-refractivity contribution in [3.8, 4) is 0 Å². The number of hydrogen-bond donors (Lipinski definition) is 2. The van der Waals surface area contributed by atoms with Crippen LogP contribution in [-0.2, 0) is 6.54 Å². The predicted octanol–water partition coefficient (Wildman–Crippen LogP) is 0.895. The highest BCUT2D eigenvalue weighted by molar-refractivity contribution is 5.96. The molecule has 0 saturated heterocycles. The minimum Gasteiger partial charge on any atom is -0.397 e. The van der Waals surface area contributed by atoms with Crippen LogP contribution in [0.25, 0.3) is 0 Å². The van der Waals surface area contributed by atoms with Gasteiger partial charge in [0.1, 0.15) is 0 Å². The lowest BCUT2D eigenvalue weighted by molar-refractivity contribution is 0.0948. The SMILES string of the molecule is Nc1cccnc1C(=O)NCCn1cccc1. The molecule has 0 atom stereocenters. The number of anilines is 1. The Morgan fingerprint density at radius 2 is 2.12 bits per heavy atom. The van der Waals surface area contributed by atoms with Gasteiger partial charge >= 0.3 is 0 Å². The number of amides is 1. The smallest absolute Gasteiger partial charge is 0.272 e. The summed E-state index contributed by atoms with van der Waals surface area (Å²) in [6.07, 6.45) is 5.44. The van der Waals surface area contributed by atoms with E-state index in [1.54, 1.807) is 18.3 Å². The molecule has 17 heavy (non-hydrogen) atoms. The maximum absolute atomic E-state index is 11.7. The summed E-state index contributed by atoms with van der Waals surface area (Å²) < 4.78 is 1.99. The largest absolute Gasteiger partial charge is 0.397 e. The molecule has 0 saturated carbocycles. The molecule has 2 rings (SSSR count). The summed E-state index contributed by atoms with van der Waals surface area (Å²) >= 11 is 0. The summed E-state index contributed by atoms with van der Waals surface area (Å²) in [5.41, 5.74) is 6.33. The molecule has 0 aliphatic carbocycles. The number of aromatic nitrogens is 2. The Morgan fingerprint density at radius 3 is 2.82 bits per heavy atom. The Hall–Kier alpha value is -2.30. The molecule has 5 heteroatoms. The molecule has 0 aliphatic heterocycles. The maximum atomic E-state index is 11.7. The fourth-order valence-electron chi connectivity index (χ4n) is 1.51. The highest BCUT2D eigenvalue weighted by Gasteiger charge is 2.09. The first-order chi connectivity index (χ1) is 8.27. The second-order valence-corrected chi connectivity index (χ2v) is 3.62.